The first-order chi connectivity index (χ1) is 31.9. The third-order valence-corrected chi connectivity index (χ3v) is 10.4. The number of carbonyl (C=O) groups excluding carboxylic acids is 6. The molecule has 0 radical (unpaired) electrons. The second-order valence-corrected chi connectivity index (χ2v) is 16.7. The minimum absolute atomic E-state index is 0.0200. The van der Waals surface area contributed by atoms with Crippen LogP contribution in [0.2, 0.25) is 0 Å². The molecule has 0 bridgehead atoms. The highest BCUT2D eigenvalue weighted by Gasteiger charge is 2.45. The molecule has 1 aliphatic rings. The average molecular weight is 969 g/mol. The van der Waals surface area contributed by atoms with Gasteiger partial charge >= 0.3 is 0 Å². The van der Waals surface area contributed by atoms with Crippen LogP contribution in [0.15, 0.2) is 0 Å². The lowest BCUT2D eigenvalue weighted by molar-refractivity contribution is -0.270. The minimum Gasteiger partial charge on any atom is -0.396 e. The topological polar surface area (TPSA) is 362 Å². The number of unbranched alkanes of at least 4 members (excludes halogenated alkanes) is 2. The molecule has 6 amide bonds. The molecule has 1 fully saturated rings. The van der Waals surface area contributed by atoms with Gasteiger partial charge in [0, 0.05) is 97.4 Å². The van der Waals surface area contributed by atoms with Crippen LogP contribution in [0, 0.1) is 11.8 Å². The second-order valence-electron chi connectivity index (χ2n) is 16.7. The minimum atomic E-state index is -1.63. The Balaban J connectivity index is 2.02. The molecule has 24 nitrogen and oxygen atoms in total. The van der Waals surface area contributed by atoms with Gasteiger partial charge in [-0.15, -0.1) is 0 Å². The zero-order valence-corrected chi connectivity index (χ0v) is 39.5. The van der Waals surface area contributed by atoms with E-state index in [1.165, 1.54) is 20.8 Å². The van der Waals surface area contributed by atoms with E-state index in [2.05, 4.69) is 31.9 Å². The van der Waals surface area contributed by atoms with Gasteiger partial charge in [0.1, 0.15) is 36.5 Å². The van der Waals surface area contributed by atoms with Crippen molar-refractivity contribution in [3.8, 4) is 0 Å². The molecule has 67 heavy (non-hydrogen) atoms. The van der Waals surface area contributed by atoms with Gasteiger partial charge in [-0.1, -0.05) is 13.8 Å². The van der Waals surface area contributed by atoms with Crippen LogP contribution in [0.25, 0.3) is 0 Å². The maximum atomic E-state index is 12.2. The summed E-state index contributed by atoms with van der Waals surface area (Å²) in [5, 5.41) is 85.9. The highest BCUT2D eigenvalue weighted by Crippen LogP contribution is 2.22. The van der Waals surface area contributed by atoms with Crippen molar-refractivity contribution in [1.82, 2.24) is 31.9 Å². The van der Waals surface area contributed by atoms with Crippen molar-refractivity contribution in [3.05, 3.63) is 0 Å². The molecule has 1 rings (SSSR count). The SMILES string of the molecule is CC(=O)NC(C(O)C(O)C(C)CO)[C@@H](O)OCCCCC(=O)NCCCNC(=O)CCOCC(C)COCCC(=O)NCCCNC(=O)CCCCOC1OC(CO)C(O)C(O)[C@@H]1NC(C)=O. The Morgan fingerprint density at radius 3 is 1.57 bits per heavy atom. The molecule has 0 spiro atoms. The number of amides is 6. The van der Waals surface area contributed by atoms with Crippen molar-refractivity contribution in [2.75, 3.05) is 79.0 Å². The number of aliphatic hydroxyl groups is 7. The van der Waals surface area contributed by atoms with E-state index in [4.69, 9.17) is 23.7 Å². The number of hydrogen-bond donors (Lipinski definition) is 13. The van der Waals surface area contributed by atoms with E-state index >= 15 is 0 Å². The van der Waals surface area contributed by atoms with Gasteiger partial charge < -0.3 is 91.3 Å². The first-order valence-electron chi connectivity index (χ1n) is 23.2. The monoisotopic (exact) mass is 969 g/mol. The fraction of sp³-hybridized carbons (Fsp3) is 0.860. The van der Waals surface area contributed by atoms with E-state index in [1.54, 1.807) is 0 Å². The Hall–Kier alpha value is -3.66. The number of carbonyl (C=O) groups is 6. The molecule has 9 unspecified atom stereocenters. The Morgan fingerprint density at radius 1 is 0.612 bits per heavy atom. The average Bonchev–Trinajstić information content (AvgIpc) is 3.29. The summed E-state index contributed by atoms with van der Waals surface area (Å²) in [7, 11) is 0. The van der Waals surface area contributed by atoms with Gasteiger partial charge in [0.25, 0.3) is 0 Å². The maximum absolute atomic E-state index is 12.2. The molecule has 1 heterocycles. The number of hydrogen-bond acceptors (Lipinski definition) is 18. The first-order valence-corrected chi connectivity index (χ1v) is 23.2. The summed E-state index contributed by atoms with van der Waals surface area (Å²) >= 11 is 0. The van der Waals surface area contributed by atoms with Crippen molar-refractivity contribution in [2.24, 2.45) is 11.8 Å². The summed E-state index contributed by atoms with van der Waals surface area (Å²) in [5.74, 6) is -2.42. The van der Waals surface area contributed by atoms with Crippen LogP contribution in [0.3, 0.4) is 0 Å². The third-order valence-electron chi connectivity index (χ3n) is 10.4. The Labute approximate surface area is 392 Å². The van der Waals surface area contributed by atoms with Crippen LogP contribution in [-0.4, -0.2) is 205 Å². The predicted molar refractivity (Wildman–Crippen MR) is 238 cm³/mol. The van der Waals surface area contributed by atoms with Crippen molar-refractivity contribution in [2.45, 2.75) is 147 Å². The molecular weight excluding hydrogens is 888 g/mol. The van der Waals surface area contributed by atoms with Crippen LogP contribution in [0.5, 0.6) is 0 Å². The van der Waals surface area contributed by atoms with Crippen LogP contribution in [-0.2, 0) is 52.5 Å². The largest absolute Gasteiger partial charge is 0.396 e. The Bertz CT molecular complexity index is 1420. The molecule has 1 aliphatic heterocycles. The highest BCUT2D eigenvalue weighted by atomic mass is 16.7. The van der Waals surface area contributed by atoms with E-state index in [0.29, 0.717) is 77.9 Å². The summed E-state index contributed by atoms with van der Waals surface area (Å²) in [6, 6.07) is -2.36. The Morgan fingerprint density at radius 2 is 1.10 bits per heavy atom. The van der Waals surface area contributed by atoms with Crippen molar-refractivity contribution in [3.63, 3.8) is 0 Å². The number of rotatable bonds is 38. The summed E-state index contributed by atoms with van der Waals surface area (Å²) < 4.78 is 27.6. The van der Waals surface area contributed by atoms with Gasteiger partial charge in [0.2, 0.25) is 35.4 Å². The molecule has 0 aliphatic carbocycles. The molecule has 0 aromatic heterocycles. The smallest absolute Gasteiger partial charge is 0.222 e. The molecular formula is C43H80N6O18. The molecule has 11 atom stereocenters. The fourth-order valence-electron chi connectivity index (χ4n) is 6.50. The van der Waals surface area contributed by atoms with Crippen molar-refractivity contribution in [1.29, 1.82) is 0 Å². The molecule has 0 aromatic carbocycles. The van der Waals surface area contributed by atoms with Gasteiger partial charge in [-0.3, -0.25) is 28.8 Å². The summed E-state index contributed by atoms with van der Waals surface area (Å²) in [6.45, 7) is 7.71. The van der Waals surface area contributed by atoms with Crippen molar-refractivity contribution < 1.29 is 88.2 Å². The standard InChI is InChI=1S/C43H80N6O18/c1-27(25-63-21-13-34(56)46-17-9-15-44-32(54)11-5-7-19-65-42(62)36(48-29(3)52)40(60)38(58)28(2)23-50)26-64-22-14-35(57)47-18-10-16-45-33(55)12-6-8-20-66-43-37(49-30(4)53)41(61)39(59)31(24-51)67-43/h27-28,31,36-43,50-51,58-62H,5-26H2,1-4H3,(H,44,54)(H,45,55)(H,46,56)(H,47,57)(H,48,52)(H,49,53)/t27?,28?,31?,36?,37-,38?,39?,40?,41?,42-,43?/m0/s1. The molecule has 0 aromatic rings. The summed E-state index contributed by atoms with van der Waals surface area (Å²) in [6.07, 6.45) is -6.00. The second kappa shape index (κ2) is 36.3. The zero-order chi connectivity index (χ0) is 50.1. The van der Waals surface area contributed by atoms with Crippen LogP contribution < -0.4 is 31.9 Å². The van der Waals surface area contributed by atoms with Gasteiger partial charge in [-0.05, 0) is 38.5 Å². The summed E-state index contributed by atoms with van der Waals surface area (Å²) in [4.78, 5) is 71.7. The third kappa shape index (κ3) is 27.8. The van der Waals surface area contributed by atoms with Crippen LogP contribution in [0.1, 0.15) is 91.9 Å². The first kappa shape index (κ1) is 61.4. The van der Waals surface area contributed by atoms with Gasteiger partial charge in [-0.2, -0.15) is 0 Å². The van der Waals surface area contributed by atoms with Crippen molar-refractivity contribution >= 4 is 35.4 Å². The molecule has 13 N–H and O–H groups in total. The van der Waals surface area contributed by atoms with E-state index in [9.17, 15) is 64.5 Å². The Kier molecular flexibility index (Phi) is 33.3. The lowest BCUT2D eigenvalue weighted by Crippen LogP contribution is -2.64. The maximum Gasteiger partial charge on any atom is 0.222 e. The van der Waals surface area contributed by atoms with E-state index in [0.717, 1.165) is 0 Å². The van der Waals surface area contributed by atoms with Gasteiger partial charge in [0.05, 0.1) is 39.1 Å². The zero-order valence-electron chi connectivity index (χ0n) is 39.5. The molecule has 0 saturated carbocycles. The predicted octanol–water partition coefficient (Wildman–Crippen LogP) is -3.83. The highest BCUT2D eigenvalue weighted by molar-refractivity contribution is 5.77. The lowest BCUT2D eigenvalue weighted by atomic mass is 9.95. The van der Waals surface area contributed by atoms with E-state index < -0.39 is 86.1 Å². The van der Waals surface area contributed by atoms with Gasteiger partial charge in [0.15, 0.2) is 12.6 Å². The van der Waals surface area contributed by atoms with E-state index in [1.807, 2.05) is 6.92 Å². The molecule has 24 heteroatoms. The normalized spacial score (nSPS) is 20.9. The summed E-state index contributed by atoms with van der Waals surface area (Å²) in [5.41, 5.74) is 0. The van der Waals surface area contributed by atoms with Gasteiger partial charge in [-0.25, -0.2) is 0 Å². The number of nitrogens with one attached hydrogen (secondary N) is 6. The molecule has 390 valence electrons. The quantitative estimate of drug-likeness (QED) is 0.0208. The number of ether oxygens (including phenoxy) is 5. The van der Waals surface area contributed by atoms with Crippen LogP contribution >= 0.6 is 0 Å². The van der Waals surface area contributed by atoms with E-state index in [-0.39, 0.29) is 81.7 Å². The van der Waals surface area contributed by atoms with Crippen LogP contribution in [0.4, 0.5) is 0 Å². The fourth-order valence-corrected chi connectivity index (χ4v) is 6.50. The lowest BCUT2D eigenvalue weighted by Gasteiger charge is -2.42. The number of aliphatic hydroxyl groups excluding tert-OH is 7. The molecule has 1 saturated heterocycles.